The van der Waals surface area contributed by atoms with Crippen LogP contribution in [0, 0.1) is 0 Å². The largest absolute Gasteiger partial charge is 0.317 e. The maximum atomic E-state index is 12.0. The number of hydrogen-bond acceptors (Lipinski definition) is 3. The minimum Gasteiger partial charge on any atom is -0.317 e. The van der Waals surface area contributed by atoms with E-state index in [0.717, 1.165) is 26.4 Å². The Morgan fingerprint density at radius 1 is 1.29 bits per heavy atom. The molecule has 3 rings (SSSR count). The van der Waals surface area contributed by atoms with Gasteiger partial charge in [0.05, 0.1) is 10.2 Å². The lowest BCUT2D eigenvalue weighted by Gasteiger charge is -1.98. The van der Waals surface area contributed by atoms with Gasteiger partial charge in [-0.1, -0.05) is 29.5 Å². The second-order valence-corrected chi connectivity index (χ2v) is 6.38. The van der Waals surface area contributed by atoms with E-state index in [1.807, 2.05) is 29.6 Å². The van der Waals surface area contributed by atoms with Crippen LogP contribution in [0.15, 0.2) is 52.8 Å². The van der Waals surface area contributed by atoms with Crippen molar-refractivity contribution >= 4 is 44.9 Å². The first kappa shape index (κ1) is 14.0. The third kappa shape index (κ3) is 3.04. The molecule has 1 amide bonds. The van der Waals surface area contributed by atoms with Gasteiger partial charge in [-0.15, -0.1) is 11.3 Å². The number of benzene rings is 1. The molecular weight excluding hydrogens is 300 g/mol. The van der Waals surface area contributed by atoms with Crippen molar-refractivity contribution < 1.29 is 4.79 Å². The molecule has 0 saturated heterocycles. The number of para-hydroxylation sites is 1. The van der Waals surface area contributed by atoms with Gasteiger partial charge in [0, 0.05) is 17.5 Å². The second-order valence-electron chi connectivity index (χ2n) is 4.40. The van der Waals surface area contributed by atoms with Crippen molar-refractivity contribution in [2.45, 2.75) is 13.5 Å². The van der Waals surface area contributed by atoms with E-state index in [0.29, 0.717) is 0 Å². The van der Waals surface area contributed by atoms with E-state index < -0.39 is 0 Å². The fraction of sp³-hybridized carbons (Fsp3) is 0.125. The molecule has 5 heteroatoms. The molecule has 3 nitrogen and oxygen atoms in total. The van der Waals surface area contributed by atoms with Gasteiger partial charge in [0.25, 0.3) is 5.91 Å². The van der Waals surface area contributed by atoms with Gasteiger partial charge in [0.2, 0.25) is 0 Å². The minimum atomic E-state index is -0.225. The molecule has 2 heterocycles. The zero-order chi connectivity index (χ0) is 14.7. The van der Waals surface area contributed by atoms with E-state index >= 15 is 0 Å². The number of nitrogens with zero attached hydrogens (tertiary/aromatic N) is 2. The Morgan fingerprint density at radius 2 is 2.14 bits per heavy atom. The van der Waals surface area contributed by atoms with Crippen molar-refractivity contribution in [1.29, 1.82) is 0 Å². The van der Waals surface area contributed by atoms with Gasteiger partial charge in [-0.3, -0.25) is 4.79 Å². The quantitative estimate of drug-likeness (QED) is 0.675. The average molecular weight is 314 g/mol. The first-order valence-corrected chi connectivity index (χ1v) is 8.36. The molecule has 21 heavy (non-hydrogen) atoms. The molecule has 0 aliphatic heterocycles. The molecule has 0 radical (unpaired) electrons. The van der Waals surface area contributed by atoms with Crippen molar-refractivity contribution in [1.82, 2.24) is 4.57 Å². The number of carbonyl (C=O) groups excluding carboxylic acids is 1. The summed E-state index contributed by atoms with van der Waals surface area (Å²) in [7, 11) is 0. The Labute approximate surface area is 130 Å². The van der Waals surface area contributed by atoms with Crippen LogP contribution in [-0.2, 0) is 11.3 Å². The maximum absolute atomic E-state index is 12.0. The molecule has 0 fully saturated rings. The lowest BCUT2D eigenvalue weighted by molar-refractivity contribution is -0.113. The molecule has 0 atom stereocenters. The first-order chi connectivity index (χ1) is 10.3. The van der Waals surface area contributed by atoms with Gasteiger partial charge >= 0.3 is 0 Å². The molecule has 0 bridgehead atoms. The van der Waals surface area contributed by atoms with Crippen molar-refractivity contribution in [3.8, 4) is 0 Å². The normalized spacial score (nSPS) is 12.5. The number of aromatic nitrogens is 1. The summed E-state index contributed by atoms with van der Waals surface area (Å²) in [5, 5.41) is 1.98. The lowest BCUT2D eigenvalue weighted by Crippen LogP contribution is -2.15. The number of amides is 1. The van der Waals surface area contributed by atoms with Crippen LogP contribution in [0.5, 0.6) is 0 Å². The van der Waals surface area contributed by atoms with Crippen molar-refractivity contribution in [3.63, 3.8) is 0 Å². The molecular formula is C16H14N2OS2. The fourth-order valence-corrected chi connectivity index (χ4v) is 3.80. The molecule has 0 spiro atoms. The fourth-order valence-electron chi connectivity index (χ4n) is 2.08. The molecule has 0 unspecified atom stereocenters. The smallest absolute Gasteiger partial charge is 0.272 e. The van der Waals surface area contributed by atoms with E-state index in [1.54, 1.807) is 28.7 Å². The van der Waals surface area contributed by atoms with Crippen LogP contribution in [0.1, 0.15) is 11.8 Å². The highest BCUT2D eigenvalue weighted by molar-refractivity contribution is 7.16. The minimum absolute atomic E-state index is 0.225. The van der Waals surface area contributed by atoms with Crippen LogP contribution in [0.4, 0.5) is 0 Å². The Balaban J connectivity index is 1.97. The lowest BCUT2D eigenvalue weighted by atomic mass is 10.3. The Kier molecular flexibility index (Phi) is 4.13. The van der Waals surface area contributed by atoms with Crippen LogP contribution >= 0.6 is 22.7 Å². The first-order valence-electron chi connectivity index (χ1n) is 6.66. The zero-order valence-corrected chi connectivity index (χ0v) is 13.2. The highest BCUT2D eigenvalue weighted by Crippen LogP contribution is 2.16. The van der Waals surface area contributed by atoms with Crippen LogP contribution < -0.4 is 4.80 Å². The third-order valence-electron chi connectivity index (χ3n) is 3.04. The summed E-state index contributed by atoms with van der Waals surface area (Å²) in [4.78, 5) is 18.0. The van der Waals surface area contributed by atoms with Gasteiger partial charge < -0.3 is 4.57 Å². The van der Waals surface area contributed by atoms with Crippen LogP contribution in [0.2, 0.25) is 0 Å². The predicted molar refractivity (Wildman–Crippen MR) is 89.4 cm³/mol. The predicted octanol–water partition coefficient (Wildman–Crippen LogP) is 3.92. The molecule has 0 aliphatic rings. The summed E-state index contributed by atoms with van der Waals surface area (Å²) in [5.74, 6) is -0.225. The second kappa shape index (κ2) is 6.20. The van der Waals surface area contributed by atoms with Gasteiger partial charge in [-0.25, -0.2) is 0 Å². The summed E-state index contributed by atoms with van der Waals surface area (Å²) < 4.78 is 3.21. The Morgan fingerprint density at radius 3 is 2.90 bits per heavy atom. The molecule has 3 aromatic rings. The monoisotopic (exact) mass is 314 g/mol. The number of thiazole rings is 1. The summed E-state index contributed by atoms with van der Waals surface area (Å²) >= 11 is 3.14. The van der Waals surface area contributed by atoms with Gasteiger partial charge in [-0.2, -0.15) is 4.99 Å². The number of carbonyl (C=O) groups is 1. The van der Waals surface area contributed by atoms with Crippen molar-refractivity contribution in [2.75, 3.05) is 0 Å². The molecule has 106 valence electrons. The molecule has 0 saturated carbocycles. The number of thiophene rings is 1. The average Bonchev–Trinajstić information content (AvgIpc) is 3.12. The Hall–Kier alpha value is -1.98. The van der Waals surface area contributed by atoms with Crippen LogP contribution in [-0.4, -0.2) is 10.5 Å². The molecule has 2 aromatic heterocycles. The van der Waals surface area contributed by atoms with E-state index in [4.69, 9.17) is 0 Å². The highest BCUT2D eigenvalue weighted by Gasteiger charge is 2.04. The number of fused-ring (bicyclic) bond motifs is 1. The third-order valence-corrected chi connectivity index (χ3v) is 4.94. The zero-order valence-electron chi connectivity index (χ0n) is 11.5. The molecule has 0 aliphatic carbocycles. The maximum Gasteiger partial charge on any atom is 0.272 e. The highest BCUT2D eigenvalue weighted by atomic mass is 32.1. The SMILES string of the molecule is CCn1c(=NC(=O)/C=C/c2cccs2)sc2ccccc21. The molecule has 1 aromatic carbocycles. The van der Waals surface area contributed by atoms with E-state index in [2.05, 4.69) is 28.6 Å². The van der Waals surface area contributed by atoms with Gasteiger partial charge in [0.15, 0.2) is 4.80 Å². The van der Waals surface area contributed by atoms with E-state index in [-0.39, 0.29) is 5.91 Å². The number of aryl methyl sites for hydroxylation is 1. The van der Waals surface area contributed by atoms with Crippen LogP contribution in [0.3, 0.4) is 0 Å². The van der Waals surface area contributed by atoms with E-state index in [1.165, 1.54) is 6.08 Å². The van der Waals surface area contributed by atoms with Crippen molar-refractivity contribution in [3.05, 3.63) is 57.5 Å². The summed E-state index contributed by atoms with van der Waals surface area (Å²) in [6.07, 6.45) is 3.33. The van der Waals surface area contributed by atoms with Gasteiger partial charge in [0.1, 0.15) is 0 Å². The summed E-state index contributed by atoms with van der Waals surface area (Å²) in [6.45, 7) is 2.86. The number of hydrogen-bond donors (Lipinski definition) is 0. The van der Waals surface area contributed by atoms with Gasteiger partial charge in [-0.05, 0) is 36.6 Å². The topological polar surface area (TPSA) is 34.4 Å². The van der Waals surface area contributed by atoms with Crippen LogP contribution in [0.25, 0.3) is 16.3 Å². The Bertz CT molecular complexity index is 854. The van der Waals surface area contributed by atoms with E-state index in [9.17, 15) is 4.79 Å². The summed E-state index contributed by atoms with van der Waals surface area (Å²) in [6, 6.07) is 12.0. The standard InChI is InChI=1S/C16H14N2OS2/c1-2-18-13-7-3-4-8-14(13)21-16(18)17-15(19)10-9-12-6-5-11-20-12/h3-11H,2H2,1H3/b10-9+,17-16?. The molecule has 0 N–H and O–H groups in total. The van der Waals surface area contributed by atoms with Crippen molar-refractivity contribution in [2.24, 2.45) is 4.99 Å². The summed E-state index contributed by atoms with van der Waals surface area (Å²) in [5.41, 5.74) is 1.12. The number of rotatable bonds is 3.